The number of aryl methyl sites for hydroxylation is 1. The predicted molar refractivity (Wildman–Crippen MR) is 84.5 cm³/mol. The van der Waals surface area contributed by atoms with Crippen molar-refractivity contribution in [3.8, 4) is 0 Å². The number of nitrogens with one attached hydrogen (secondary N) is 1. The zero-order chi connectivity index (χ0) is 15.5. The van der Waals surface area contributed by atoms with Gasteiger partial charge in [-0.15, -0.1) is 0 Å². The normalized spacial score (nSPS) is 18.0. The van der Waals surface area contributed by atoms with Crippen LogP contribution in [0.25, 0.3) is 0 Å². The molecule has 21 heavy (non-hydrogen) atoms. The van der Waals surface area contributed by atoms with Crippen molar-refractivity contribution < 1.29 is 8.42 Å². The van der Waals surface area contributed by atoms with Crippen molar-refractivity contribution in [2.75, 3.05) is 19.6 Å². The Hall–Kier alpha value is -0.950. The van der Waals surface area contributed by atoms with Gasteiger partial charge in [0.05, 0.1) is 4.90 Å². The van der Waals surface area contributed by atoms with Crippen LogP contribution < -0.4 is 10.5 Å². The fourth-order valence-corrected chi connectivity index (χ4v) is 4.11. The van der Waals surface area contributed by atoms with E-state index in [2.05, 4.69) is 16.5 Å². The summed E-state index contributed by atoms with van der Waals surface area (Å²) in [5.74, 6) is 0. The molecule has 0 amide bonds. The lowest BCUT2D eigenvalue weighted by molar-refractivity contribution is 0.260. The fourth-order valence-electron chi connectivity index (χ4n) is 2.76. The molecule has 3 N–H and O–H groups in total. The molecule has 0 aromatic heterocycles. The minimum atomic E-state index is -3.46. The molecule has 1 aromatic rings. The molecule has 1 aliphatic heterocycles. The molecule has 1 atom stereocenters. The largest absolute Gasteiger partial charge is 0.326 e. The highest BCUT2D eigenvalue weighted by atomic mass is 32.2. The first-order valence-electron chi connectivity index (χ1n) is 7.47. The summed E-state index contributed by atoms with van der Waals surface area (Å²) in [5, 5.41) is 0. The average molecular weight is 311 g/mol. The number of hydrogen-bond donors (Lipinski definition) is 2. The van der Waals surface area contributed by atoms with Gasteiger partial charge in [-0.3, -0.25) is 4.90 Å². The molecule has 0 bridgehead atoms. The zero-order valence-corrected chi connectivity index (χ0v) is 13.6. The van der Waals surface area contributed by atoms with Crippen molar-refractivity contribution in [1.82, 2.24) is 9.62 Å². The Bertz CT molecular complexity index is 581. The maximum atomic E-state index is 12.4. The van der Waals surface area contributed by atoms with Crippen molar-refractivity contribution in [2.24, 2.45) is 5.73 Å². The van der Waals surface area contributed by atoms with Crippen LogP contribution in [-0.4, -0.2) is 39.0 Å². The Morgan fingerprint density at radius 2 is 2.00 bits per heavy atom. The molecular weight excluding hydrogens is 286 g/mol. The molecule has 0 aliphatic carbocycles. The van der Waals surface area contributed by atoms with E-state index in [0.717, 1.165) is 24.2 Å². The summed E-state index contributed by atoms with van der Waals surface area (Å²) in [7, 11) is -3.46. The molecule has 6 heteroatoms. The monoisotopic (exact) mass is 311 g/mol. The summed E-state index contributed by atoms with van der Waals surface area (Å²) in [6.45, 7) is 6.86. The second-order valence-electron chi connectivity index (χ2n) is 5.75. The van der Waals surface area contributed by atoms with E-state index in [9.17, 15) is 8.42 Å². The van der Waals surface area contributed by atoms with Crippen molar-refractivity contribution in [2.45, 2.75) is 44.2 Å². The summed E-state index contributed by atoms with van der Waals surface area (Å²) in [6, 6.07) is 5.47. The Morgan fingerprint density at radius 1 is 1.33 bits per heavy atom. The fraction of sp³-hybridized carbons (Fsp3) is 0.600. The van der Waals surface area contributed by atoms with Crippen molar-refractivity contribution >= 4 is 10.0 Å². The number of sulfonamides is 1. The molecule has 0 saturated carbocycles. The number of nitrogens with zero attached hydrogens (tertiary/aromatic N) is 1. The van der Waals surface area contributed by atoms with E-state index >= 15 is 0 Å². The van der Waals surface area contributed by atoms with Crippen molar-refractivity contribution in [1.29, 1.82) is 0 Å². The quantitative estimate of drug-likeness (QED) is 0.828. The molecule has 1 saturated heterocycles. The van der Waals surface area contributed by atoms with Crippen LogP contribution in [0.2, 0.25) is 0 Å². The molecule has 1 unspecified atom stereocenters. The van der Waals surface area contributed by atoms with Gasteiger partial charge in [0.25, 0.3) is 0 Å². The van der Waals surface area contributed by atoms with Crippen LogP contribution in [0, 0.1) is 6.92 Å². The van der Waals surface area contributed by atoms with Gasteiger partial charge in [0.15, 0.2) is 0 Å². The highest BCUT2D eigenvalue weighted by Gasteiger charge is 2.22. The zero-order valence-electron chi connectivity index (χ0n) is 12.8. The number of nitrogens with two attached hydrogens (primary N) is 1. The smallest absolute Gasteiger partial charge is 0.240 e. The molecule has 1 heterocycles. The standard InChI is InChI=1S/C15H25N3O2S/c1-12-9-14(10-16)5-6-15(12)21(19,20)17-11-13(2)18-7-3-4-8-18/h5-6,9,13,17H,3-4,7-8,10-11,16H2,1-2H3. The lowest BCUT2D eigenvalue weighted by Crippen LogP contribution is -2.40. The van der Waals surface area contributed by atoms with Crippen LogP contribution in [0.3, 0.4) is 0 Å². The molecule has 1 aromatic carbocycles. The van der Waals surface area contributed by atoms with Gasteiger partial charge >= 0.3 is 0 Å². The Kier molecular flexibility index (Phi) is 5.37. The molecule has 0 spiro atoms. The minimum absolute atomic E-state index is 0.228. The molecule has 0 radical (unpaired) electrons. The first kappa shape index (κ1) is 16.4. The lowest BCUT2D eigenvalue weighted by Gasteiger charge is -2.24. The maximum absolute atomic E-state index is 12.4. The number of likely N-dealkylation sites (tertiary alicyclic amines) is 1. The summed E-state index contributed by atoms with van der Waals surface area (Å²) in [6.07, 6.45) is 2.41. The number of hydrogen-bond acceptors (Lipinski definition) is 4. The average Bonchev–Trinajstić information content (AvgIpc) is 2.98. The van der Waals surface area contributed by atoms with E-state index in [0.29, 0.717) is 18.0 Å². The van der Waals surface area contributed by atoms with Gasteiger partial charge in [-0.25, -0.2) is 13.1 Å². The van der Waals surface area contributed by atoms with Gasteiger partial charge in [0.2, 0.25) is 10.0 Å². The van der Waals surface area contributed by atoms with Crippen LogP contribution in [0.5, 0.6) is 0 Å². The third-order valence-electron chi connectivity index (χ3n) is 4.10. The molecule has 1 fully saturated rings. The third kappa shape index (κ3) is 4.03. The van der Waals surface area contributed by atoms with E-state index in [1.54, 1.807) is 19.1 Å². The van der Waals surface area contributed by atoms with E-state index in [1.165, 1.54) is 12.8 Å². The van der Waals surface area contributed by atoms with E-state index in [-0.39, 0.29) is 6.04 Å². The first-order chi connectivity index (χ1) is 9.94. The maximum Gasteiger partial charge on any atom is 0.240 e. The van der Waals surface area contributed by atoms with Crippen molar-refractivity contribution in [3.63, 3.8) is 0 Å². The topological polar surface area (TPSA) is 75.4 Å². The highest BCUT2D eigenvalue weighted by Crippen LogP contribution is 2.17. The predicted octanol–water partition coefficient (Wildman–Crippen LogP) is 1.22. The van der Waals surface area contributed by atoms with Gasteiger partial charge in [-0.05, 0) is 57.0 Å². The Morgan fingerprint density at radius 3 is 2.57 bits per heavy atom. The summed E-state index contributed by atoms with van der Waals surface area (Å²) >= 11 is 0. The van der Waals surface area contributed by atoms with Gasteiger partial charge in [-0.1, -0.05) is 12.1 Å². The van der Waals surface area contributed by atoms with Gasteiger partial charge < -0.3 is 5.73 Å². The van der Waals surface area contributed by atoms with Crippen LogP contribution >= 0.6 is 0 Å². The second kappa shape index (κ2) is 6.87. The molecule has 2 rings (SSSR count). The molecular formula is C15H25N3O2S. The van der Waals surface area contributed by atoms with Gasteiger partial charge in [0.1, 0.15) is 0 Å². The van der Waals surface area contributed by atoms with E-state index in [1.807, 2.05) is 6.07 Å². The highest BCUT2D eigenvalue weighted by molar-refractivity contribution is 7.89. The first-order valence-corrected chi connectivity index (χ1v) is 8.95. The summed E-state index contributed by atoms with van der Waals surface area (Å²) < 4.78 is 27.6. The van der Waals surface area contributed by atoms with Crippen LogP contribution in [0.4, 0.5) is 0 Å². The van der Waals surface area contributed by atoms with E-state index in [4.69, 9.17) is 5.73 Å². The summed E-state index contributed by atoms with van der Waals surface area (Å²) in [5.41, 5.74) is 7.25. The Labute approximate surface area is 127 Å². The van der Waals surface area contributed by atoms with Crippen molar-refractivity contribution in [3.05, 3.63) is 29.3 Å². The molecule has 1 aliphatic rings. The van der Waals surface area contributed by atoms with Crippen LogP contribution in [-0.2, 0) is 16.6 Å². The summed E-state index contributed by atoms with van der Waals surface area (Å²) in [4.78, 5) is 2.67. The van der Waals surface area contributed by atoms with E-state index < -0.39 is 10.0 Å². The third-order valence-corrected chi connectivity index (χ3v) is 5.68. The van der Waals surface area contributed by atoms with Crippen LogP contribution in [0.1, 0.15) is 30.9 Å². The SMILES string of the molecule is Cc1cc(CN)ccc1S(=O)(=O)NCC(C)N1CCCC1. The number of rotatable bonds is 6. The lowest BCUT2D eigenvalue weighted by atomic mass is 10.1. The minimum Gasteiger partial charge on any atom is -0.326 e. The second-order valence-corrected chi connectivity index (χ2v) is 7.48. The number of benzene rings is 1. The molecule has 5 nitrogen and oxygen atoms in total. The van der Waals surface area contributed by atoms with Gasteiger partial charge in [-0.2, -0.15) is 0 Å². The van der Waals surface area contributed by atoms with Crippen LogP contribution in [0.15, 0.2) is 23.1 Å². The Balaban J connectivity index is 2.04. The molecule has 118 valence electrons. The van der Waals surface area contributed by atoms with Gasteiger partial charge in [0, 0.05) is 19.1 Å².